The Balaban J connectivity index is 1.93. The Bertz CT molecular complexity index is 1030. The molecule has 3 rings (SSSR count). The molecule has 3 N–H and O–H groups in total. The molecule has 0 bridgehead atoms. The number of alkyl halides is 3. The summed E-state index contributed by atoms with van der Waals surface area (Å²) in [6.07, 6.45) is -6.61. The smallest absolute Gasteiger partial charge is 0.425 e. The van der Waals surface area contributed by atoms with E-state index in [2.05, 4.69) is 25.0 Å². The van der Waals surface area contributed by atoms with Gasteiger partial charge >= 0.3 is 6.18 Å². The summed E-state index contributed by atoms with van der Waals surface area (Å²) in [6.45, 7) is 1.23. The second-order valence-electron chi connectivity index (χ2n) is 6.54. The fraction of sp³-hybridized carbons (Fsp3) is 0.294. The van der Waals surface area contributed by atoms with Crippen LogP contribution in [0.5, 0.6) is 0 Å². The summed E-state index contributed by atoms with van der Waals surface area (Å²) in [7, 11) is 0. The number of hydrogen-bond acceptors (Lipinski definition) is 6. The largest absolute Gasteiger partial charge is 0.452 e. The van der Waals surface area contributed by atoms with Crippen LogP contribution >= 0.6 is 23.2 Å². The van der Waals surface area contributed by atoms with Crippen LogP contribution in [0.4, 0.5) is 23.4 Å². The summed E-state index contributed by atoms with van der Waals surface area (Å²) in [4.78, 5) is 24.0. The molecule has 0 fully saturated rings. The van der Waals surface area contributed by atoms with Gasteiger partial charge in [-0.2, -0.15) is 13.2 Å². The van der Waals surface area contributed by atoms with Gasteiger partial charge in [-0.05, 0) is 25.1 Å². The number of carbonyl (C=O) groups excluding carboxylic acids is 1. The van der Waals surface area contributed by atoms with Crippen LogP contribution in [0.1, 0.15) is 29.5 Å². The number of anilines is 1. The molecule has 2 atom stereocenters. The van der Waals surface area contributed by atoms with Crippen molar-refractivity contribution in [3.63, 3.8) is 0 Å². The van der Waals surface area contributed by atoms with E-state index in [9.17, 15) is 22.4 Å². The standard InChI is InChI=1S/C17H13Cl2F4N5O2/c1-16(5-10(17(21,22)23)30-15(24)28-16)13-9(20)2-3-11(26-13)27-14(29)12-8(19)4-7(18)6-25-12/h2-4,6,10H,5H2,1H3,(H2,24,28)(H,26,27,29)/t10-,16+/m0/s1. The molecule has 3 heterocycles. The highest BCUT2D eigenvalue weighted by Gasteiger charge is 2.50. The Hall–Kier alpha value is -2.66. The number of aliphatic imine (C=N–C) groups is 1. The Labute approximate surface area is 177 Å². The molecule has 2 aromatic rings. The Morgan fingerprint density at radius 2 is 2.07 bits per heavy atom. The number of amides is 1. The molecule has 0 radical (unpaired) electrons. The van der Waals surface area contributed by atoms with Crippen LogP contribution in [-0.4, -0.2) is 34.2 Å². The van der Waals surface area contributed by atoms with Gasteiger partial charge in [-0.3, -0.25) is 4.79 Å². The lowest BCUT2D eigenvalue weighted by Crippen LogP contribution is -2.46. The van der Waals surface area contributed by atoms with Gasteiger partial charge in [0.2, 0.25) is 0 Å². The van der Waals surface area contributed by atoms with Gasteiger partial charge in [-0.1, -0.05) is 23.2 Å². The van der Waals surface area contributed by atoms with Gasteiger partial charge < -0.3 is 15.8 Å². The summed E-state index contributed by atoms with van der Waals surface area (Å²) in [5.74, 6) is -1.87. The molecule has 160 valence electrons. The van der Waals surface area contributed by atoms with Crippen molar-refractivity contribution in [1.29, 1.82) is 0 Å². The third kappa shape index (κ3) is 4.57. The van der Waals surface area contributed by atoms with Crippen LogP contribution in [0.3, 0.4) is 0 Å². The summed E-state index contributed by atoms with van der Waals surface area (Å²) < 4.78 is 58.4. The Kier molecular flexibility index (Phi) is 5.79. The minimum atomic E-state index is -4.75. The maximum Gasteiger partial charge on any atom is 0.425 e. The zero-order chi connectivity index (χ0) is 22.3. The first-order chi connectivity index (χ1) is 13.9. The minimum absolute atomic E-state index is 0.0379. The van der Waals surface area contributed by atoms with Gasteiger partial charge in [0.1, 0.15) is 28.6 Å². The summed E-state index contributed by atoms with van der Waals surface area (Å²) in [5.41, 5.74) is 2.97. The number of hydrogen-bond donors (Lipinski definition) is 2. The van der Waals surface area contributed by atoms with Crippen LogP contribution in [0.25, 0.3) is 0 Å². The van der Waals surface area contributed by atoms with E-state index < -0.39 is 47.7 Å². The van der Waals surface area contributed by atoms with E-state index in [4.69, 9.17) is 28.9 Å². The molecule has 13 heteroatoms. The van der Waals surface area contributed by atoms with Gasteiger partial charge in [0.15, 0.2) is 6.10 Å². The normalized spacial score (nSPS) is 21.6. The van der Waals surface area contributed by atoms with Crippen LogP contribution in [0.2, 0.25) is 10.0 Å². The molecule has 1 amide bonds. The van der Waals surface area contributed by atoms with Crippen molar-refractivity contribution in [2.24, 2.45) is 10.7 Å². The Morgan fingerprint density at radius 3 is 2.70 bits per heavy atom. The second-order valence-corrected chi connectivity index (χ2v) is 7.38. The molecule has 0 saturated carbocycles. The number of nitrogens with one attached hydrogen (secondary N) is 1. The molecule has 0 unspecified atom stereocenters. The first kappa shape index (κ1) is 22.0. The van der Waals surface area contributed by atoms with Crippen molar-refractivity contribution >= 4 is 40.9 Å². The summed E-state index contributed by atoms with van der Waals surface area (Å²) >= 11 is 11.7. The predicted octanol–water partition coefficient (Wildman–Crippen LogP) is 4.06. The molecule has 1 aliphatic rings. The Morgan fingerprint density at radius 1 is 1.37 bits per heavy atom. The SMILES string of the molecule is C[C@]1(c2nc(NC(=O)c3ncc(Cl)cc3Cl)ccc2F)C[C@@H](C(F)(F)F)OC(N)=N1. The quantitative estimate of drug-likeness (QED) is 0.665. The average Bonchev–Trinajstić information content (AvgIpc) is 2.61. The number of rotatable bonds is 3. The van der Waals surface area contributed by atoms with Gasteiger partial charge in [0.05, 0.1) is 10.0 Å². The average molecular weight is 466 g/mol. The van der Waals surface area contributed by atoms with E-state index in [0.29, 0.717) is 0 Å². The van der Waals surface area contributed by atoms with E-state index >= 15 is 0 Å². The number of pyridine rings is 2. The second kappa shape index (κ2) is 7.88. The van der Waals surface area contributed by atoms with Crippen molar-refractivity contribution in [3.8, 4) is 0 Å². The zero-order valence-corrected chi connectivity index (χ0v) is 16.6. The first-order valence-corrected chi connectivity index (χ1v) is 9.03. The summed E-state index contributed by atoms with van der Waals surface area (Å²) in [5, 5.41) is 2.53. The number of halogens is 6. The third-order valence-corrected chi connectivity index (χ3v) is 4.68. The van der Waals surface area contributed by atoms with Gasteiger partial charge in [-0.25, -0.2) is 19.4 Å². The van der Waals surface area contributed by atoms with Crippen LogP contribution in [0, 0.1) is 5.82 Å². The van der Waals surface area contributed by atoms with Crippen molar-refractivity contribution in [3.05, 3.63) is 51.6 Å². The lowest BCUT2D eigenvalue weighted by molar-refractivity contribution is -0.208. The minimum Gasteiger partial charge on any atom is -0.452 e. The van der Waals surface area contributed by atoms with E-state index in [1.54, 1.807) is 0 Å². The number of nitrogens with two attached hydrogens (primary N) is 1. The third-order valence-electron chi connectivity index (χ3n) is 4.19. The molecule has 7 nitrogen and oxygen atoms in total. The summed E-state index contributed by atoms with van der Waals surface area (Å²) in [6, 6.07) is 2.60. The molecular weight excluding hydrogens is 453 g/mol. The van der Waals surface area contributed by atoms with Crippen molar-refractivity contribution in [1.82, 2.24) is 9.97 Å². The first-order valence-electron chi connectivity index (χ1n) is 8.27. The number of carbonyl (C=O) groups is 1. The van der Waals surface area contributed by atoms with E-state index in [0.717, 1.165) is 12.1 Å². The molecule has 0 spiro atoms. The number of ether oxygens (including phenoxy) is 1. The lowest BCUT2D eigenvalue weighted by Gasteiger charge is -2.35. The van der Waals surface area contributed by atoms with Gasteiger partial charge in [0.25, 0.3) is 11.9 Å². The monoisotopic (exact) mass is 465 g/mol. The molecule has 0 aromatic carbocycles. The fourth-order valence-corrected chi connectivity index (χ4v) is 3.31. The molecule has 0 aliphatic carbocycles. The lowest BCUT2D eigenvalue weighted by atomic mass is 9.89. The van der Waals surface area contributed by atoms with Crippen LogP contribution < -0.4 is 11.1 Å². The molecular formula is C17H13Cl2F4N5O2. The van der Waals surface area contributed by atoms with Gasteiger partial charge in [-0.15, -0.1) is 0 Å². The van der Waals surface area contributed by atoms with Crippen molar-refractivity contribution in [2.75, 3.05) is 5.32 Å². The number of amidine groups is 1. The van der Waals surface area contributed by atoms with E-state index in [1.165, 1.54) is 19.2 Å². The highest BCUT2D eigenvalue weighted by molar-refractivity contribution is 6.36. The maximum absolute atomic E-state index is 14.5. The highest BCUT2D eigenvalue weighted by atomic mass is 35.5. The molecule has 1 aliphatic heterocycles. The van der Waals surface area contributed by atoms with E-state index in [-0.39, 0.29) is 21.6 Å². The fourth-order valence-electron chi connectivity index (χ4n) is 2.84. The van der Waals surface area contributed by atoms with Gasteiger partial charge in [0, 0.05) is 12.6 Å². The van der Waals surface area contributed by atoms with Crippen LogP contribution in [-0.2, 0) is 10.3 Å². The molecule has 0 saturated heterocycles. The van der Waals surface area contributed by atoms with Crippen molar-refractivity contribution in [2.45, 2.75) is 31.2 Å². The number of aromatic nitrogens is 2. The van der Waals surface area contributed by atoms with Crippen LogP contribution in [0.15, 0.2) is 29.4 Å². The van der Waals surface area contributed by atoms with Crippen molar-refractivity contribution < 1.29 is 27.1 Å². The van der Waals surface area contributed by atoms with E-state index in [1.807, 2.05) is 0 Å². The number of nitrogens with zero attached hydrogens (tertiary/aromatic N) is 3. The molecule has 2 aromatic heterocycles. The maximum atomic E-state index is 14.5. The predicted molar refractivity (Wildman–Crippen MR) is 101 cm³/mol. The topological polar surface area (TPSA) is 102 Å². The highest BCUT2D eigenvalue weighted by Crippen LogP contribution is 2.40. The zero-order valence-electron chi connectivity index (χ0n) is 15.1. The molecule has 30 heavy (non-hydrogen) atoms.